The average molecular weight is 139 g/mol. The summed E-state index contributed by atoms with van der Waals surface area (Å²) in [5.41, 5.74) is 0. The van der Waals surface area contributed by atoms with Gasteiger partial charge in [0.2, 0.25) is 5.88 Å². The van der Waals surface area contributed by atoms with E-state index in [4.69, 9.17) is 4.74 Å². The van der Waals surface area contributed by atoms with Crippen molar-refractivity contribution >= 4 is 11.8 Å². The minimum Gasteiger partial charge on any atom is -0.465 e. The van der Waals surface area contributed by atoms with Crippen molar-refractivity contribution in [1.29, 1.82) is 0 Å². The first kappa shape index (κ1) is 5.11. The third-order valence-corrected chi connectivity index (χ3v) is 2.00. The van der Waals surface area contributed by atoms with Crippen molar-refractivity contribution in [2.24, 2.45) is 0 Å². The second kappa shape index (κ2) is 1.92. The van der Waals surface area contributed by atoms with Gasteiger partial charge in [-0.05, 0) is 12.1 Å². The number of pyridine rings is 1. The van der Waals surface area contributed by atoms with E-state index in [0.717, 1.165) is 10.8 Å². The van der Waals surface area contributed by atoms with Crippen LogP contribution in [0.5, 0.6) is 5.88 Å². The number of thioether (sulfide) groups is 1. The molecule has 0 N–H and O–H groups in total. The van der Waals surface area contributed by atoms with Gasteiger partial charge in [0.1, 0.15) is 5.94 Å². The standard InChI is InChI=1S/C6H5NOS/c1-2-5-6(7-3-1)8-4-9-5/h1-3H,4H2. The van der Waals surface area contributed by atoms with Gasteiger partial charge in [0.25, 0.3) is 0 Å². The summed E-state index contributed by atoms with van der Waals surface area (Å²) in [5.74, 6) is 1.49. The maximum Gasteiger partial charge on any atom is 0.228 e. The van der Waals surface area contributed by atoms with Gasteiger partial charge >= 0.3 is 0 Å². The van der Waals surface area contributed by atoms with E-state index in [0.29, 0.717) is 5.94 Å². The normalized spacial score (nSPS) is 14.7. The van der Waals surface area contributed by atoms with E-state index in [9.17, 15) is 0 Å². The molecule has 9 heavy (non-hydrogen) atoms. The zero-order valence-electron chi connectivity index (χ0n) is 4.70. The summed E-state index contributed by atoms with van der Waals surface area (Å²) in [6.45, 7) is 0. The fourth-order valence-electron chi connectivity index (χ4n) is 0.743. The second-order valence-corrected chi connectivity index (χ2v) is 2.68. The highest BCUT2D eigenvalue weighted by Crippen LogP contribution is 2.32. The van der Waals surface area contributed by atoms with Crippen molar-refractivity contribution in [3.63, 3.8) is 0 Å². The monoisotopic (exact) mass is 139 g/mol. The highest BCUT2D eigenvalue weighted by molar-refractivity contribution is 7.99. The Balaban J connectivity index is 2.54. The van der Waals surface area contributed by atoms with Crippen molar-refractivity contribution in [1.82, 2.24) is 4.98 Å². The molecule has 0 unspecified atom stereocenters. The fraction of sp³-hybridized carbons (Fsp3) is 0.167. The van der Waals surface area contributed by atoms with Gasteiger partial charge in [-0.2, -0.15) is 0 Å². The van der Waals surface area contributed by atoms with Gasteiger partial charge < -0.3 is 4.74 Å². The Bertz CT molecular complexity index is 203. The number of fused-ring (bicyclic) bond motifs is 1. The van der Waals surface area contributed by atoms with Crippen LogP contribution in [0.4, 0.5) is 0 Å². The molecule has 46 valence electrons. The molecule has 0 atom stereocenters. The molecule has 1 aromatic heterocycles. The number of hydrogen-bond acceptors (Lipinski definition) is 3. The average Bonchev–Trinajstić information content (AvgIpc) is 2.33. The van der Waals surface area contributed by atoms with E-state index in [1.165, 1.54) is 0 Å². The Morgan fingerprint density at radius 2 is 2.67 bits per heavy atom. The molecule has 0 aromatic carbocycles. The molecule has 0 fully saturated rings. The van der Waals surface area contributed by atoms with Crippen LogP contribution in [0, 0.1) is 0 Å². The highest BCUT2D eigenvalue weighted by Gasteiger charge is 2.11. The summed E-state index contributed by atoms with van der Waals surface area (Å²) >= 11 is 1.68. The van der Waals surface area contributed by atoms with E-state index in [-0.39, 0.29) is 0 Å². The van der Waals surface area contributed by atoms with Gasteiger partial charge in [0.05, 0.1) is 4.90 Å². The Hall–Kier alpha value is -0.700. The molecule has 2 nitrogen and oxygen atoms in total. The van der Waals surface area contributed by atoms with Crippen molar-refractivity contribution < 1.29 is 4.74 Å². The van der Waals surface area contributed by atoms with Gasteiger partial charge in [-0.1, -0.05) is 11.8 Å². The molecule has 1 aromatic rings. The summed E-state index contributed by atoms with van der Waals surface area (Å²) in [6, 6.07) is 3.93. The zero-order valence-corrected chi connectivity index (χ0v) is 5.52. The summed E-state index contributed by atoms with van der Waals surface area (Å²) in [5, 5.41) is 0. The summed E-state index contributed by atoms with van der Waals surface area (Å²) < 4.78 is 5.15. The van der Waals surface area contributed by atoms with E-state index in [1.807, 2.05) is 12.1 Å². The Morgan fingerprint density at radius 1 is 1.67 bits per heavy atom. The number of ether oxygens (including phenoxy) is 1. The first-order valence-corrected chi connectivity index (χ1v) is 3.66. The number of rotatable bonds is 0. The molecule has 0 aliphatic carbocycles. The SMILES string of the molecule is c1cnc2c(c1)SCO2. The van der Waals surface area contributed by atoms with Crippen LogP contribution in [0.2, 0.25) is 0 Å². The van der Waals surface area contributed by atoms with Crippen LogP contribution in [0.1, 0.15) is 0 Å². The van der Waals surface area contributed by atoms with Gasteiger partial charge in [-0.3, -0.25) is 0 Å². The highest BCUT2D eigenvalue weighted by atomic mass is 32.2. The van der Waals surface area contributed by atoms with Crippen LogP contribution in [0.15, 0.2) is 23.2 Å². The number of aromatic nitrogens is 1. The maximum absolute atomic E-state index is 5.15. The van der Waals surface area contributed by atoms with Crippen LogP contribution < -0.4 is 4.74 Å². The summed E-state index contributed by atoms with van der Waals surface area (Å²) in [6.07, 6.45) is 1.74. The Kier molecular flexibility index (Phi) is 1.09. The summed E-state index contributed by atoms with van der Waals surface area (Å²) in [7, 11) is 0. The van der Waals surface area contributed by atoms with Crippen LogP contribution in [0.3, 0.4) is 0 Å². The van der Waals surface area contributed by atoms with Crippen LogP contribution in [0.25, 0.3) is 0 Å². The maximum atomic E-state index is 5.15. The van der Waals surface area contributed by atoms with Crippen molar-refractivity contribution in [3.05, 3.63) is 18.3 Å². The molecule has 1 aliphatic rings. The molecule has 0 saturated heterocycles. The molecule has 0 radical (unpaired) electrons. The molecule has 0 spiro atoms. The van der Waals surface area contributed by atoms with Crippen molar-refractivity contribution in [3.8, 4) is 5.88 Å². The molecule has 0 bridgehead atoms. The Labute approximate surface area is 57.2 Å². The van der Waals surface area contributed by atoms with Crippen LogP contribution in [-0.2, 0) is 0 Å². The number of nitrogens with zero attached hydrogens (tertiary/aromatic N) is 1. The van der Waals surface area contributed by atoms with E-state index < -0.39 is 0 Å². The number of hydrogen-bond donors (Lipinski definition) is 0. The lowest BCUT2D eigenvalue weighted by atomic mass is 10.5. The molecule has 3 heteroatoms. The topological polar surface area (TPSA) is 22.1 Å². The van der Waals surface area contributed by atoms with Crippen LogP contribution >= 0.6 is 11.8 Å². The zero-order chi connectivity index (χ0) is 6.10. The van der Waals surface area contributed by atoms with Crippen LogP contribution in [-0.4, -0.2) is 10.9 Å². The third kappa shape index (κ3) is 0.772. The Morgan fingerprint density at radius 3 is 3.56 bits per heavy atom. The summed E-state index contributed by atoms with van der Waals surface area (Å²) in [4.78, 5) is 5.17. The van der Waals surface area contributed by atoms with E-state index >= 15 is 0 Å². The predicted octanol–water partition coefficient (Wildman–Crippen LogP) is 1.52. The fourth-order valence-corrected chi connectivity index (χ4v) is 1.45. The van der Waals surface area contributed by atoms with Crippen molar-refractivity contribution in [2.45, 2.75) is 4.90 Å². The van der Waals surface area contributed by atoms with E-state index in [2.05, 4.69) is 4.98 Å². The van der Waals surface area contributed by atoms with E-state index in [1.54, 1.807) is 18.0 Å². The lowest BCUT2D eigenvalue weighted by Gasteiger charge is -1.90. The molecule has 0 amide bonds. The molecule has 2 heterocycles. The first-order chi connectivity index (χ1) is 4.47. The third-order valence-electron chi connectivity index (χ3n) is 1.15. The lowest BCUT2D eigenvalue weighted by Crippen LogP contribution is -1.84. The van der Waals surface area contributed by atoms with Gasteiger partial charge in [0.15, 0.2) is 0 Å². The lowest BCUT2D eigenvalue weighted by molar-refractivity contribution is 0.381. The molecule has 0 saturated carbocycles. The molecular formula is C6H5NOS. The van der Waals surface area contributed by atoms with Gasteiger partial charge in [-0.25, -0.2) is 4.98 Å². The quantitative estimate of drug-likeness (QED) is 0.544. The largest absolute Gasteiger partial charge is 0.465 e. The molecule has 2 rings (SSSR count). The second-order valence-electron chi connectivity index (χ2n) is 1.71. The minimum atomic E-state index is 0.715. The predicted molar refractivity (Wildman–Crippen MR) is 35.6 cm³/mol. The van der Waals surface area contributed by atoms with Gasteiger partial charge in [-0.15, -0.1) is 0 Å². The molecule has 1 aliphatic heterocycles. The first-order valence-electron chi connectivity index (χ1n) is 2.67. The smallest absolute Gasteiger partial charge is 0.228 e. The molecular weight excluding hydrogens is 134 g/mol. The van der Waals surface area contributed by atoms with Crippen molar-refractivity contribution in [2.75, 3.05) is 5.94 Å². The van der Waals surface area contributed by atoms with Gasteiger partial charge in [0, 0.05) is 6.20 Å². The minimum absolute atomic E-state index is 0.715.